The van der Waals surface area contributed by atoms with Crippen LogP contribution in [0.4, 0.5) is 4.79 Å². The van der Waals surface area contributed by atoms with Crippen molar-refractivity contribution in [2.24, 2.45) is 0 Å². The second-order valence-electron chi connectivity index (χ2n) is 4.37. The molecule has 2 N–H and O–H groups in total. The summed E-state index contributed by atoms with van der Waals surface area (Å²) in [6.45, 7) is 0.509. The van der Waals surface area contributed by atoms with Crippen LogP contribution in [-0.4, -0.2) is 34.6 Å². The highest BCUT2D eigenvalue weighted by Gasteiger charge is 2.33. The maximum absolute atomic E-state index is 11.9. The van der Waals surface area contributed by atoms with Crippen molar-refractivity contribution in [2.75, 3.05) is 6.54 Å². The van der Waals surface area contributed by atoms with Crippen molar-refractivity contribution in [2.45, 2.75) is 24.6 Å². The first-order chi connectivity index (χ1) is 9.18. The van der Waals surface area contributed by atoms with E-state index in [1.165, 1.54) is 16.8 Å². The van der Waals surface area contributed by atoms with Gasteiger partial charge in [0.15, 0.2) is 0 Å². The number of nitrogens with one attached hydrogen (secondary N) is 1. The second-order valence-corrected chi connectivity index (χ2v) is 5.15. The third-order valence-electron chi connectivity index (χ3n) is 3.04. The molecule has 0 unspecified atom stereocenters. The lowest BCUT2D eigenvalue weighted by atomic mass is 10.2. The highest BCUT2D eigenvalue weighted by atomic mass is 32.2. The zero-order chi connectivity index (χ0) is 13.7. The first-order valence-corrected chi connectivity index (χ1v) is 7.12. The Morgan fingerprint density at radius 3 is 2.79 bits per heavy atom. The molecule has 0 spiro atoms. The van der Waals surface area contributed by atoms with Crippen LogP contribution in [0.15, 0.2) is 30.3 Å². The molecule has 2 amide bonds. The number of urea groups is 1. The SMILES string of the molecule is O=C(O)[C@@H]1CCCN1C(=O)NSCc1ccccc1. The maximum Gasteiger partial charge on any atom is 0.328 e. The lowest BCUT2D eigenvalue weighted by molar-refractivity contribution is -0.141. The van der Waals surface area contributed by atoms with Gasteiger partial charge in [-0.2, -0.15) is 0 Å². The third kappa shape index (κ3) is 3.64. The van der Waals surface area contributed by atoms with Crippen molar-refractivity contribution in [3.05, 3.63) is 35.9 Å². The molecule has 6 heteroatoms. The van der Waals surface area contributed by atoms with E-state index in [4.69, 9.17) is 5.11 Å². The highest BCUT2D eigenvalue weighted by molar-refractivity contribution is 7.97. The summed E-state index contributed by atoms with van der Waals surface area (Å²) in [5, 5.41) is 9.01. The van der Waals surface area contributed by atoms with E-state index in [1.54, 1.807) is 0 Å². The molecule has 1 heterocycles. The van der Waals surface area contributed by atoms with Crippen molar-refractivity contribution in [3.63, 3.8) is 0 Å². The summed E-state index contributed by atoms with van der Waals surface area (Å²) in [4.78, 5) is 24.3. The Balaban J connectivity index is 1.80. The van der Waals surface area contributed by atoms with Gasteiger partial charge in [-0.15, -0.1) is 0 Å². The quantitative estimate of drug-likeness (QED) is 0.829. The lowest BCUT2D eigenvalue weighted by Gasteiger charge is -2.21. The van der Waals surface area contributed by atoms with E-state index < -0.39 is 12.0 Å². The van der Waals surface area contributed by atoms with Crippen LogP contribution in [0, 0.1) is 0 Å². The van der Waals surface area contributed by atoms with Gasteiger partial charge in [-0.1, -0.05) is 30.3 Å². The fourth-order valence-corrected chi connectivity index (χ4v) is 2.75. The molecule has 1 aromatic rings. The van der Waals surface area contributed by atoms with Crippen molar-refractivity contribution in [3.8, 4) is 0 Å². The largest absolute Gasteiger partial charge is 0.480 e. The van der Waals surface area contributed by atoms with Crippen LogP contribution in [-0.2, 0) is 10.5 Å². The van der Waals surface area contributed by atoms with Crippen LogP contribution < -0.4 is 4.72 Å². The van der Waals surface area contributed by atoms with Gasteiger partial charge < -0.3 is 10.0 Å². The number of likely N-dealkylation sites (tertiary alicyclic amines) is 1. The molecule has 1 atom stereocenters. The molecule has 102 valence electrons. The molecular formula is C13H16N2O3S. The predicted octanol–water partition coefficient (Wildman–Crippen LogP) is 2.09. The fraction of sp³-hybridized carbons (Fsp3) is 0.385. The molecule has 1 fully saturated rings. The van der Waals surface area contributed by atoms with Crippen LogP contribution in [0.3, 0.4) is 0 Å². The molecular weight excluding hydrogens is 264 g/mol. The molecule has 0 saturated carbocycles. The average Bonchev–Trinajstić information content (AvgIpc) is 2.89. The smallest absolute Gasteiger partial charge is 0.328 e. The zero-order valence-electron chi connectivity index (χ0n) is 10.4. The molecule has 1 aromatic carbocycles. The van der Waals surface area contributed by atoms with Crippen LogP contribution in [0.2, 0.25) is 0 Å². The second kappa shape index (κ2) is 6.47. The van der Waals surface area contributed by atoms with Gasteiger partial charge in [0.1, 0.15) is 6.04 Å². The Morgan fingerprint density at radius 1 is 1.37 bits per heavy atom. The first kappa shape index (κ1) is 13.7. The Bertz CT molecular complexity index is 452. The number of benzene rings is 1. The third-order valence-corrected chi connectivity index (χ3v) is 3.84. The van der Waals surface area contributed by atoms with Crippen LogP contribution in [0.25, 0.3) is 0 Å². The summed E-state index contributed by atoms with van der Waals surface area (Å²) in [7, 11) is 0. The Labute approximate surface area is 116 Å². The van der Waals surface area contributed by atoms with Gasteiger partial charge in [0.25, 0.3) is 0 Å². The molecule has 1 saturated heterocycles. The molecule has 5 nitrogen and oxygen atoms in total. The van der Waals surface area contributed by atoms with Gasteiger partial charge in [-0.05, 0) is 30.4 Å². The molecule has 19 heavy (non-hydrogen) atoms. The van der Waals surface area contributed by atoms with Crippen LogP contribution in [0.1, 0.15) is 18.4 Å². The maximum atomic E-state index is 11.9. The van der Waals surface area contributed by atoms with E-state index in [1.807, 2.05) is 30.3 Å². The monoisotopic (exact) mass is 280 g/mol. The van der Waals surface area contributed by atoms with Gasteiger partial charge in [-0.3, -0.25) is 4.72 Å². The van der Waals surface area contributed by atoms with Crippen molar-refractivity contribution in [1.82, 2.24) is 9.62 Å². The van der Waals surface area contributed by atoms with Gasteiger partial charge in [0.2, 0.25) is 0 Å². The van der Waals surface area contributed by atoms with Crippen molar-refractivity contribution in [1.29, 1.82) is 0 Å². The predicted molar refractivity (Wildman–Crippen MR) is 73.6 cm³/mol. The van der Waals surface area contributed by atoms with Gasteiger partial charge in [-0.25, -0.2) is 9.59 Å². The minimum atomic E-state index is -0.930. The molecule has 0 radical (unpaired) electrons. The number of nitrogens with zero attached hydrogens (tertiary/aromatic N) is 1. The molecule has 1 aliphatic rings. The molecule has 0 aromatic heterocycles. The molecule has 1 aliphatic heterocycles. The van der Waals surface area contributed by atoms with Crippen molar-refractivity contribution >= 4 is 23.9 Å². The van der Waals surface area contributed by atoms with Crippen LogP contribution >= 0.6 is 11.9 Å². The molecule has 2 rings (SSSR count). The van der Waals surface area contributed by atoms with Gasteiger partial charge >= 0.3 is 12.0 Å². The normalized spacial score (nSPS) is 18.3. The standard InChI is InChI=1S/C13H16N2O3S/c16-12(17)11-7-4-8-15(11)13(18)14-19-9-10-5-2-1-3-6-10/h1-3,5-6,11H,4,7-9H2,(H,14,18)(H,16,17)/t11-/m0/s1. The number of amides is 2. The molecule has 0 bridgehead atoms. The summed E-state index contributed by atoms with van der Waals surface area (Å²) in [6, 6.07) is 8.79. The topological polar surface area (TPSA) is 69.6 Å². The summed E-state index contributed by atoms with van der Waals surface area (Å²) in [5.41, 5.74) is 1.11. The summed E-state index contributed by atoms with van der Waals surface area (Å²) in [6.07, 6.45) is 1.28. The Hall–Kier alpha value is -1.69. The number of rotatable bonds is 4. The fourth-order valence-electron chi connectivity index (χ4n) is 2.08. The summed E-state index contributed by atoms with van der Waals surface area (Å²) in [5.74, 6) is -0.265. The van der Waals surface area contributed by atoms with Crippen LogP contribution in [0.5, 0.6) is 0 Å². The van der Waals surface area contributed by atoms with E-state index in [0.717, 1.165) is 12.0 Å². The van der Waals surface area contributed by atoms with E-state index in [0.29, 0.717) is 18.7 Å². The van der Waals surface area contributed by atoms with E-state index >= 15 is 0 Å². The lowest BCUT2D eigenvalue weighted by Crippen LogP contribution is -2.44. The number of carbonyl (C=O) groups excluding carboxylic acids is 1. The Morgan fingerprint density at radius 2 is 2.11 bits per heavy atom. The Kier molecular flexibility index (Phi) is 4.68. The highest BCUT2D eigenvalue weighted by Crippen LogP contribution is 2.18. The van der Waals surface area contributed by atoms with Gasteiger partial charge in [0.05, 0.1) is 0 Å². The number of carboxylic acids is 1. The molecule has 0 aliphatic carbocycles. The average molecular weight is 280 g/mol. The van der Waals surface area contributed by atoms with Crippen molar-refractivity contribution < 1.29 is 14.7 Å². The number of aliphatic carboxylic acids is 1. The minimum Gasteiger partial charge on any atom is -0.480 e. The summed E-state index contributed by atoms with van der Waals surface area (Å²) < 4.78 is 2.70. The minimum absolute atomic E-state index is 0.314. The number of hydrogen-bond donors (Lipinski definition) is 2. The van der Waals surface area contributed by atoms with E-state index in [2.05, 4.69) is 4.72 Å². The number of carbonyl (C=O) groups is 2. The van der Waals surface area contributed by atoms with Gasteiger partial charge in [0, 0.05) is 12.3 Å². The van der Waals surface area contributed by atoms with E-state index in [9.17, 15) is 9.59 Å². The number of carboxylic acid groups (broad SMARTS) is 1. The number of hydrogen-bond acceptors (Lipinski definition) is 3. The zero-order valence-corrected chi connectivity index (χ0v) is 11.2. The van der Waals surface area contributed by atoms with E-state index in [-0.39, 0.29) is 6.03 Å². The summed E-state index contributed by atoms with van der Waals surface area (Å²) >= 11 is 1.28. The first-order valence-electron chi connectivity index (χ1n) is 6.13.